The van der Waals surface area contributed by atoms with Gasteiger partial charge in [0.05, 0.1) is 11.1 Å². The topological polar surface area (TPSA) is 37.3 Å². The zero-order chi connectivity index (χ0) is 16.2. The van der Waals surface area contributed by atoms with Crippen molar-refractivity contribution in [1.29, 1.82) is 0 Å². The van der Waals surface area contributed by atoms with E-state index in [1.54, 1.807) is 0 Å². The largest absolute Gasteiger partial charge is 0.393 e. The Morgan fingerprint density at radius 1 is 1.13 bits per heavy atom. The van der Waals surface area contributed by atoms with Crippen LogP contribution in [-0.2, 0) is 4.79 Å². The molecule has 5 rings (SSSR count). The second kappa shape index (κ2) is 4.25. The van der Waals surface area contributed by atoms with Crippen LogP contribution in [0.4, 0.5) is 0 Å². The van der Waals surface area contributed by atoms with Crippen LogP contribution in [0.2, 0.25) is 0 Å². The molecule has 3 heteroatoms. The Kier molecular flexibility index (Phi) is 2.76. The van der Waals surface area contributed by atoms with Crippen LogP contribution >= 0.6 is 11.6 Å². The first-order chi connectivity index (χ1) is 10.8. The van der Waals surface area contributed by atoms with Crippen molar-refractivity contribution >= 4 is 17.4 Å². The Balaban J connectivity index is 1.59. The molecule has 0 aromatic heterocycles. The van der Waals surface area contributed by atoms with Gasteiger partial charge in [0.15, 0.2) is 5.78 Å². The maximum Gasteiger partial charge on any atom is 0.174 e. The second-order valence-electron chi connectivity index (χ2n) is 9.53. The van der Waals surface area contributed by atoms with Gasteiger partial charge in [0.25, 0.3) is 0 Å². The second-order valence-corrected chi connectivity index (χ2v) is 9.91. The van der Waals surface area contributed by atoms with Crippen molar-refractivity contribution in [2.24, 2.45) is 34.0 Å². The number of aliphatic hydroxyl groups is 1. The number of halogens is 1. The van der Waals surface area contributed by atoms with E-state index in [1.807, 2.05) is 0 Å². The molecule has 0 aromatic carbocycles. The summed E-state index contributed by atoms with van der Waals surface area (Å²) in [5.74, 6) is 2.31. The van der Waals surface area contributed by atoms with Gasteiger partial charge in [-0.05, 0) is 84.5 Å². The fourth-order valence-corrected chi connectivity index (χ4v) is 8.26. The minimum atomic E-state index is -0.0940. The predicted octanol–water partition coefficient (Wildman–Crippen LogP) is 4.45. The molecule has 0 bridgehead atoms. The van der Waals surface area contributed by atoms with E-state index in [4.69, 9.17) is 11.6 Å². The summed E-state index contributed by atoms with van der Waals surface area (Å²) >= 11 is 6.46. The Morgan fingerprint density at radius 2 is 1.91 bits per heavy atom. The Bertz CT molecular complexity index is 640. The summed E-state index contributed by atoms with van der Waals surface area (Å²) in [4.78, 5) is 12.1. The van der Waals surface area contributed by atoms with E-state index in [1.165, 1.54) is 24.8 Å². The van der Waals surface area contributed by atoms with E-state index in [9.17, 15) is 9.90 Å². The van der Waals surface area contributed by atoms with Gasteiger partial charge in [0.1, 0.15) is 0 Å². The minimum Gasteiger partial charge on any atom is -0.393 e. The van der Waals surface area contributed by atoms with E-state index >= 15 is 0 Å². The fourth-order valence-electron chi connectivity index (χ4n) is 7.85. The van der Waals surface area contributed by atoms with Crippen LogP contribution in [0.15, 0.2) is 10.6 Å². The zero-order valence-electron chi connectivity index (χ0n) is 14.2. The number of fused-ring (bicyclic) bond motifs is 3. The molecular formula is C20H27ClO2. The Morgan fingerprint density at radius 3 is 2.70 bits per heavy atom. The smallest absolute Gasteiger partial charge is 0.174 e. The number of allylic oxidation sites excluding steroid dienone is 1. The average Bonchev–Trinajstić information content (AvgIpc) is 3.17. The van der Waals surface area contributed by atoms with Gasteiger partial charge < -0.3 is 5.11 Å². The number of hydrogen-bond acceptors (Lipinski definition) is 2. The van der Waals surface area contributed by atoms with Crippen LogP contribution in [0.3, 0.4) is 0 Å². The van der Waals surface area contributed by atoms with Crippen molar-refractivity contribution in [3.05, 3.63) is 10.6 Å². The summed E-state index contributed by atoms with van der Waals surface area (Å²) in [5, 5.41) is 11.2. The maximum absolute atomic E-state index is 12.1. The van der Waals surface area contributed by atoms with Gasteiger partial charge >= 0.3 is 0 Å². The number of carbonyl (C=O) groups is 1. The highest BCUT2D eigenvalue weighted by Crippen LogP contribution is 2.82. The van der Waals surface area contributed by atoms with Crippen molar-refractivity contribution in [3.8, 4) is 0 Å². The molecule has 5 aliphatic rings. The zero-order valence-corrected chi connectivity index (χ0v) is 15.0. The molecule has 0 aromatic rings. The quantitative estimate of drug-likeness (QED) is 0.710. The van der Waals surface area contributed by atoms with Crippen LogP contribution in [-0.4, -0.2) is 17.0 Å². The number of carbonyl (C=O) groups excluding carboxylic acids is 1. The molecule has 0 radical (unpaired) electrons. The molecule has 0 amide bonds. The fraction of sp³-hybridized carbons (Fsp3) is 0.850. The third kappa shape index (κ3) is 1.50. The molecule has 3 unspecified atom stereocenters. The van der Waals surface area contributed by atoms with Gasteiger partial charge in [-0.3, -0.25) is 4.79 Å². The molecule has 0 saturated heterocycles. The van der Waals surface area contributed by atoms with Gasteiger partial charge in [-0.25, -0.2) is 0 Å². The van der Waals surface area contributed by atoms with Crippen LogP contribution < -0.4 is 0 Å². The standard InChI is InChI=1S/C20H27ClO2/c1-18-7-6-15(22)17(21)14(18)4-3-13-12(18)5-8-19(2)16(23)9-11-10-20(11,13)19/h11-13,16,23H,3-10H2,1-2H3/t11?,12-,13+,16?,18+,19+,20?/m0/s1. The van der Waals surface area contributed by atoms with Crippen molar-refractivity contribution in [3.63, 3.8) is 0 Å². The number of Topliss-reactive ketones (excluding diaryl/α,β-unsaturated/α-hetero) is 1. The minimum absolute atomic E-state index is 0.0940. The molecule has 1 spiro atoms. The summed E-state index contributed by atoms with van der Waals surface area (Å²) < 4.78 is 0. The van der Waals surface area contributed by atoms with Gasteiger partial charge in [0.2, 0.25) is 0 Å². The maximum atomic E-state index is 12.1. The lowest BCUT2D eigenvalue weighted by atomic mass is 9.45. The van der Waals surface area contributed by atoms with E-state index in [0.717, 1.165) is 37.5 Å². The summed E-state index contributed by atoms with van der Waals surface area (Å²) in [6, 6.07) is 0. The first-order valence-corrected chi connectivity index (χ1v) is 9.83. The lowest BCUT2D eigenvalue weighted by Gasteiger charge is -2.59. The SMILES string of the molecule is C[C@]12CCC(=O)C(Cl)=C1CC[C@@H]1[C@@H]2CC[C@]2(C)C(O)CC3CC312. The van der Waals surface area contributed by atoms with Crippen molar-refractivity contribution < 1.29 is 9.90 Å². The monoisotopic (exact) mass is 334 g/mol. The highest BCUT2D eigenvalue weighted by molar-refractivity contribution is 6.43. The van der Waals surface area contributed by atoms with Crippen molar-refractivity contribution in [2.45, 2.75) is 71.3 Å². The van der Waals surface area contributed by atoms with E-state index < -0.39 is 0 Å². The van der Waals surface area contributed by atoms with Gasteiger partial charge in [-0.1, -0.05) is 25.4 Å². The molecular weight excluding hydrogens is 308 g/mol. The summed E-state index contributed by atoms with van der Waals surface area (Å²) in [6.45, 7) is 4.75. The molecule has 5 aliphatic carbocycles. The summed E-state index contributed by atoms with van der Waals surface area (Å²) in [7, 11) is 0. The van der Waals surface area contributed by atoms with Gasteiger partial charge in [-0.15, -0.1) is 0 Å². The Hall–Kier alpha value is -0.340. The van der Waals surface area contributed by atoms with Crippen molar-refractivity contribution in [1.82, 2.24) is 0 Å². The molecule has 2 nitrogen and oxygen atoms in total. The molecule has 4 fully saturated rings. The number of hydrogen-bond donors (Lipinski definition) is 1. The predicted molar refractivity (Wildman–Crippen MR) is 89.9 cm³/mol. The van der Waals surface area contributed by atoms with Crippen LogP contribution in [0.5, 0.6) is 0 Å². The lowest BCUT2D eigenvalue weighted by molar-refractivity contribution is -0.120. The van der Waals surface area contributed by atoms with Crippen LogP contribution in [0, 0.1) is 34.0 Å². The normalized spacial score (nSPS) is 57.5. The summed E-state index contributed by atoms with van der Waals surface area (Å²) in [5.41, 5.74) is 1.94. The molecule has 4 saturated carbocycles. The third-order valence-corrected chi connectivity index (χ3v) is 9.61. The molecule has 1 N–H and O–H groups in total. The number of aliphatic hydroxyl groups excluding tert-OH is 1. The van der Waals surface area contributed by atoms with Crippen molar-refractivity contribution in [2.75, 3.05) is 0 Å². The first-order valence-electron chi connectivity index (χ1n) is 9.45. The highest BCUT2D eigenvalue weighted by Gasteiger charge is 2.77. The summed E-state index contributed by atoms with van der Waals surface area (Å²) in [6.07, 6.45) is 8.41. The highest BCUT2D eigenvalue weighted by atomic mass is 35.5. The Labute approximate surface area is 143 Å². The van der Waals surface area contributed by atoms with Gasteiger partial charge in [0, 0.05) is 6.42 Å². The van der Waals surface area contributed by atoms with Crippen LogP contribution in [0.1, 0.15) is 65.2 Å². The lowest BCUT2D eigenvalue weighted by Crippen LogP contribution is -2.53. The average molecular weight is 335 g/mol. The van der Waals surface area contributed by atoms with Gasteiger partial charge in [-0.2, -0.15) is 0 Å². The van der Waals surface area contributed by atoms with E-state index in [0.29, 0.717) is 22.8 Å². The molecule has 126 valence electrons. The van der Waals surface area contributed by atoms with Crippen LogP contribution in [0.25, 0.3) is 0 Å². The molecule has 0 aliphatic heterocycles. The molecule has 23 heavy (non-hydrogen) atoms. The third-order valence-electron chi connectivity index (χ3n) is 9.18. The number of ketones is 1. The number of rotatable bonds is 0. The molecule has 0 heterocycles. The first kappa shape index (κ1) is 15.0. The van der Waals surface area contributed by atoms with E-state index in [-0.39, 0.29) is 22.7 Å². The molecule has 7 atom stereocenters. The van der Waals surface area contributed by atoms with E-state index in [2.05, 4.69) is 13.8 Å².